The van der Waals surface area contributed by atoms with Crippen LogP contribution in [0.4, 0.5) is 10.3 Å². The lowest BCUT2D eigenvalue weighted by Gasteiger charge is -2.41. The maximum Gasteiger partial charge on any atom is 0.231 e. The molecule has 3 aromatic rings. The molecule has 2 N–H and O–H groups in total. The van der Waals surface area contributed by atoms with Gasteiger partial charge in [0.25, 0.3) is 0 Å². The van der Waals surface area contributed by atoms with Crippen molar-refractivity contribution in [2.45, 2.75) is 57.6 Å². The lowest BCUT2D eigenvalue weighted by molar-refractivity contribution is -0.115. The van der Waals surface area contributed by atoms with Gasteiger partial charge in [0.15, 0.2) is 0 Å². The summed E-state index contributed by atoms with van der Waals surface area (Å²) in [5.41, 5.74) is 1.98. The van der Waals surface area contributed by atoms with Gasteiger partial charge in [-0.05, 0) is 75.4 Å². The first kappa shape index (κ1) is 19.6. The van der Waals surface area contributed by atoms with Crippen molar-refractivity contribution in [3.8, 4) is 0 Å². The molecular weight excluding hydrogens is 369 g/mol. The van der Waals surface area contributed by atoms with E-state index in [9.17, 15) is 14.3 Å². The number of carbonyl (C=O) groups excluding carboxylic acids is 1. The zero-order valence-electron chi connectivity index (χ0n) is 17.0. The SMILES string of the molecule is CC(C)(O)c1ccc2nc(NC(=O)Cc3cccc(F)c3)n(C3(C)CCC3)c2c1. The van der Waals surface area contributed by atoms with E-state index in [4.69, 9.17) is 0 Å². The largest absolute Gasteiger partial charge is 0.386 e. The van der Waals surface area contributed by atoms with Gasteiger partial charge in [-0.2, -0.15) is 0 Å². The number of halogens is 1. The van der Waals surface area contributed by atoms with E-state index in [2.05, 4.69) is 21.8 Å². The van der Waals surface area contributed by atoms with E-state index < -0.39 is 5.60 Å². The number of amides is 1. The third kappa shape index (κ3) is 3.77. The highest BCUT2D eigenvalue weighted by Gasteiger charge is 2.37. The van der Waals surface area contributed by atoms with Crippen molar-refractivity contribution in [1.29, 1.82) is 0 Å². The van der Waals surface area contributed by atoms with Crippen molar-refractivity contribution >= 4 is 22.9 Å². The van der Waals surface area contributed by atoms with E-state index in [0.29, 0.717) is 11.5 Å². The number of anilines is 1. The molecule has 1 fully saturated rings. The number of hydrogen-bond acceptors (Lipinski definition) is 3. The van der Waals surface area contributed by atoms with Crippen LogP contribution in [0.25, 0.3) is 11.0 Å². The smallest absolute Gasteiger partial charge is 0.231 e. The minimum Gasteiger partial charge on any atom is -0.386 e. The van der Waals surface area contributed by atoms with E-state index in [1.807, 2.05) is 18.2 Å². The standard InChI is InChI=1S/C23H26FN3O2/c1-22(2,29)16-8-9-18-19(14-16)27(23(3)10-5-11-23)21(25-18)26-20(28)13-15-6-4-7-17(24)12-15/h4,6-9,12,14,29H,5,10-11,13H2,1-3H3,(H,25,26,28). The monoisotopic (exact) mass is 395 g/mol. The average molecular weight is 395 g/mol. The topological polar surface area (TPSA) is 67.2 Å². The Morgan fingerprint density at radius 3 is 2.66 bits per heavy atom. The van der Waals surface area contributed by atoms with Gasteiger partial charge in [-0.1, -0.05) is 18.2 Å². The van der Waals surface area contributed by atoms with Gasteiger partial charge in [-0.15, -0.1) is 0 Å². The maximum atomic E-state index is 13.4. The Morgan fingerprint density at radius 2 is 2.03 bits per heavy atom. The molecule has 1 aliphatic rings. The van der Waals surface area contributed by atoms with Gasteiger partial charge in [-0.25, -0.2) is 9.37 Å². The number of nitrogens with one attached hydrogen (secondary N) is 1. The van der Waals surface area contributed by atoms with Gasteiger partial charge in [0.05, 0.1) is 23.1 Å². The van der Waals surface area contributed by atoms with Crippen LogP contribution in [-0.4, -0.2) is 20.6 Å². The second kappa shape index (κ2) is 6.95. The second-order valence-electron chi connectivity index (χ2n) is 8.74. The molecule has 4 rings (SSSR count). The Hall–Kier alpha value is -2.73. The summed E-state index contributed by atoms with van der Waals surface area (Å²) < 4.78 is 15.5. The van der Waals surface area contributed by atoms with Crippen LogP contribution in [0, 0.1) is 5.82 Å². The molecule has 0 saturated heterocycles. The Bertz CT molecular complexity index is 1080. The average Bonchev–Trinajstić information content (AvgIpc) is 2.96. The van der Waals surface area contributed by atoms with Gasteiger partial charge in [0.2, 0.25) is 11.9 Å². The summed E-state index contributed by atoms with van der Waals surface area (Å²) in [7, 11) is 0. The van der Waals surface area contributed by atoms with Crippen LogP contribution in [0.3, 0.4) is 0 Å². The molecule has 1 amide bonds. The summed E-state index contributed by atoms with van der Waals surface area (Å²) in [4.78, 5) is 17.3. The van der Waals surface area contributed by atoms with E-state index >= 15 is 0 Å². The molecular formula is C23H26FN3O2. The first-order valence-electron chi connectivity index (χ1n) is 9.96. The van der Waals surface area contributed by atoms with Gasteiger partial charge >= 0.3 is 0 Å². The fourth-order valence-corrected chi connectivity index (χ4v) is 4.00. The summed E-state index contributed by atoms with van der Waals surface area (Å²) >= 11 is 0. The van der Waals surface area contributed by atoms with Gasteiger partial charge in [0.1, 0.15) is 5.82 Å². The lowest BCUT2D eigenvalue weighted by atomic mass is 9.78. The van der Waals surface area contributed by atoms with Crippen molar-refractivity contribution in [3.63, 3.8) is 0 Å². The van der Waals surface area contributed by atoms with Crippen LogP contribution >= 0.6 is 0 Å². The van der Waals surface area contributed by atoms with E-state index in [1.165, 1.54) is 12.1 Å². The molecule has 1 saturated carbocycles. The zero-order valence-corrected chi connectivity index (χ0v) is 17.0. The molecule has 0 unspecified atom stereocenters. The van der Waals surface area contributed by atoms with Gasteiger partial charge in [0, 0.05) is 5.54 Å². The summed E-state index contributed by atoms with van der Waals surface area (Å²) in [6.45, 7) is 5.67. The van der Waals surface area contributed by atoms with Crippen molar-refractivity contribution in [3.05, 3.63) is 59.4 Å². The van der Waals surface area contributed by atoms with Crippen LogP contribution in [0.2, 0.25) is 0 Å². The zero-order chi connectivity index (χ0) is 20.8. The molecule has 0 spiro atoms. The first-order chi connectivity index (χ1) is 13.7. The molecule has 0 aliphatic heterocycles. The normalized spacial score (nSPS) is 15.9. The van der Waals surface area contributed by atoms with Gasteiger partial charge < -0.3 is 9.67 Å². The quantitative estimate of drug-likeness (QED) is 0.669. The number of rotatable bonds is 5. The van der Waals surface area contributed by atoms with E-state index in [1.54, 1.807) is 26.0 Å². The molecule has 0 radical (unpaired) electrons. The Morgan fingerprint density at radius 1 is 1.28 bits per heavy atom. The molecule has 152 valence electrons. The molecule has 0 atom stereocenters. The summed E-state index contributed by atoms with van der Waals surface area (Å²) in [5, 5.41) is 13.4. The Balaban J connectivity index is 1.71. The minimum atomic E-state index is -0.968. The Labute approximate surface area is 169 Å². The molecule has 1 aliphatic carbocycles. The van der Waals surface area contributed by atoms with Crippen molar-refractivity contribution in [2.24, 2.45) is 0 Å². The maximum absolute atomic E-state index is 13.4. The predicted octanol–water partition coefficient (Wildman–Crippen LogP) is 4.48. The van der Waals surface area contributed by atoms with Gasteiger partial charge in [-0.3, -0.25) is 10.1 Å². The van der Waals surface area contributed by atoms with Crippen molar-refractivity contribution in [1.82, 2.24) is 9.55 Å². The van der Waals surface area contributed by atoms with Crippen molar-refractivity contribution in [2.75, 3.05) is 5.32 Å². The van der Waals surface area contributed by atoms with Crippen LogP contribution in [0.5, 0.6) is 0 Å². The number of aromatic nitrogens is 2. The number of fused-ring (bicyclic) bond motifs is 1. The van der Waals surface area contributed by atoms with E-state index in [-0.39, 0.29) is 23.7 Å². The fraction of sp³-hybridized carbons (Fsp3) is 0.391. The fourth-order valence-electron chi connectivity index (χ4n) is 4.00. The summed E-state index contributed by atoms with van der Waals surface area (Å²) in [6, 6.07) is 11.7. The number of imidazole rings is 1. The minimum absolute atomic E-state index is 0.0760. The summed E-state index contributed by atoms with van der Waals surface area (Å²) in [5.74, 6) is -0.0991. The highest BCUT2D eigenvalue weighted by molar-refractivity contribution is 5.93. The van der Waals surface area contributed by atoms with Crippen LogP contribution in [-0.2, 0) is 22.4 Å². The van der Waals surface area contributed by atoms with Crippen molar-refractivity contribution < 1.29 is 14.3 Å². The number of hydrogen-bond donors (Lipinski definition) is 2. The molecule has 29 heavy (non-hydrogen) atoms. The predicted molar refractivity (Wildman–Crippen MR) is 111 cm³/mol. The third-order valence-corrected chi connectivity index (χ3v) is 5.84. The number of aliphatic hydroxyl groups is 1. The number of carbonyl (C=O) groups is 1. The molecule has 6 heteroatoms. The highest BCUT2D eigenvalue weighted by Crippen LogP contribution is 2.43. The summed E-state index contributed by atoms with van der Waals surface area (Å²) in [6.07, 6.45) is 3.20. The number of nitrogens with zero attached hydrogens (tertiary/aromatic N) is 2. The van der Waals surface area contributed by atoms with E-state index in [0.717, 1.165) is 35.9 Å². The first-order valence-corrected chi connectivity index (χ1v) is 9.96. The third-order valence-electron chi connectivity index (χ3n) is 5.84. The van der Waals surface area contributed by atoms with Crippen LogP contribution in [0.15, 0.2) is 42.5 Å². The number of benzene rings is 2. The van der Waals surface area contributed by atoms with Crippen LogP contribution in [0.1, 0.15) is 51.2 Å². The Kier molecular flexibility index (Phi) is 4.69. The molecule has 1 heterocycles. The molecule has 0 bridgehead atoms. The highest BCUT2D eigenvalue weighted by atomic mass is 19.1. The lowest BCUT2D eigenvalue weighted by Crippen LogP contribution is -2.38. The second-order valence-corrected chi connectivity index (χ2v) is 8.74. The molecule has 2 aromatic carbocycles. The molecule has 5 nitrogen and oxygen atoms in total. The van der Waals surface area contributed by atoms with Crippen LogP contribution < -0.4 is 5.32 Å². The molecule has 1 aromatic heterocycles.